The normalized spacial score (nSPS) is 15.0. The zero-order valence-electron chi connectivity index (χ0n) is 49.7. The lowest BCUT2D eigenvalue weighted by Crippen LogP contribution is -2.57. The van der Waals surface area contributed by atoms with Gasteiger partial charge in [-0.25, -0.2) is 0 Å². The number of ketones is 2. The van der Waals surface area contributed by atoms with E-state index in [-0.39, 0.29) is 11.2 Å². The number of unbranched alkanes of at least 4 members (excludes halogenated alkanes) is 24. The van der Waals surface area contributed by atoms with E-state index < -0.39 is 4.33 Å². The van der Waals surface area contributed by atoms with E-state index in [4.69, 9.17) is 42.1 Å². The molecule has 2 aliphatic carbocycles. The minimum atomic E-state index is -1.17. The van der Waals surface area contributed by atoms with Crippen LogP contribution in [0.15, 0.2) is 121 Å². The van der Waals surface area contributed by atoms with Gasteiger partial charge in [0.25, 0.3) is 0 Å². The summed E-state index contributed by atoms with van der Waals surface area (Å²) in [4.78, 5) is 24.0. The molecular weight excluding hydrogens is 1030 g/mol. The summed E-state index contributed by atoms with van der Waals surface area (Å²) in [7, 11) is 0. The van der Waals surface area contributed by atoms with Gasteiger partial charge in [-0.3, -0.25) is 9.59 Å². The number of carbonyl (C=O) groups is 2. The molecule has 0 saturated heterocycles. The van der Waals surface area contributed by atoms with Gasteiger partial charge in [0.1, 0.15) is 5.78 Å². The van der Waals surface area contributed by atoms with Crippen LogP contribution in [0.4, 0.5) is 0 Å². The molecule has 0 heterocycles. The molecule has 0 unspecified atom stereocenters. The maximum Gasteiger partial charge on any atom is 0.181 e. The number of rotatable bonds is 48. The minimum Gasteiger partial charge on any atom is -0.377 e. The molecule has 6 rings (SSSR count). The van der Waals surface area contributed by atoms with E-state index in [1.165, 1.54) is 189 Å². The SMILES string of the molecule is O=C1CC(CCCCCCCCCOCc2ccccc2)(CCCCCCCCCOCc2ccccc2)C1.O=C1CC(CCCCCCCCCOCc2ccccc2)(CCCCCCCCCOCc2ccccc2)C1(Cl)Cl. The lowest BCUT2D eigenvalue weighted by molar-refractivity contribution is -0.136. The van der Waals surface area contributed by atoms with Crippen LogP contribution in [0, 0.1) is 10.8 Å². The number of alkyl halides is 2. The lowest BCUT2D eigenvalue weighted by Gasteiger charge is -2.51. The number of hydrogen-bond donors (Lipinski definition) is 0. The molecule has 4 aromatic rings. The molecule has 444 valence electrons. The van der Waals surface area contributed by atoms with E-state index >= 15 is 0 Å². The molecule has 0 N–H and O–H groups in total. The molecule has 8 heteroatoms. The first kappa shape index (κ1) is 67.4. The second kappa shape index (κ2) is 42.4. The van der Waals surface area contributed by atoms with E-state index in [0.717, 1.165) is 91.0 Å². The molecule has 4 aromatic carbocycles. The van der Waals surface area contributed by atoms with Crippen LogP contribution in [0.2, 0.25) is 0 Å². The van der Waals surface area contributed by atoms with Crippen molar-refractivity contribution in [2.45, 2.75) is 255 Å². The maximum atomic E-state index is 12.2. The smallest absolute Gasteiger partial charge is 0.181 e. The summed E-state index contributed by atoms with van der Waals surface area (Å²) in [5.41, 5.74) is 5.15. The van der Waals surface area contributed by atoms with Gasteiger partial charge >= 0.3 is 0 Å². The molecule has 0 amide bonds. The monoisotopic (exact) mass is 1140 g/mol. The van der Waals surface area contributed by atoms with E-state index in [9.17, 15) is 9.59 Å². The van der Waals surface area contributed by atoms with Crippen molar-refractivity contribution in [3.8, 4) is 0 Å². The van der Waals surface area contributed by atoms with Gasteiger partial charge in [-0.15, -0.1) is 0 Å². The van der Waals surface area contributed by atoms with Gasteiger partial charge in [0, 0.05) is 51.1 Å². The molecule has 2 saturated carbocycles. The summed E-state index contributed by atoms with van der Waals surface area (Å²) >= 11 is 13.2. The Kier molecular flexibility index (Phi) is 35.8. The molecular formula is C72H106Cl2O6. The Balaban J connectivity index is 0.000000294. The zero-order chi connectivity index (χ0) is 56.3. The van der Waals surface area contributed by atoms with Crippen LogP contribution < -0.4 is 0 Å². The van der Waals surface area contributed by atoms with Crippen molar-refractivity contribution in [3.63, 3.8) is 0 Å². The minimum absolute atomic E-state index is 0.0183. The summed E-state index contributed by atoms with van der Waals surface area (Å²) < 4.78 is 22.0. The first-order valence-electron chi connectivity index (χ1n) is 32.2. The first-order valence-corrected chi connectivity index (χ1v) is 32.9. The molecule has 0 aliphatic heterocycles. The highest BCUT2D eigenvalue weighted by molar-refractivity contribution is 6.61. The molecule has 0 atom stereocenters. The molecule has 0 radical (unpaired) electrons. The van der Waals surface area contributed by atoms with Gasteiger partial charge in [0.05, 0.1) is 26.4 Å². The summed E-state index contributed by atoms with van der Waals surface area (Å²) in [6, 6.07) is 41.6. The zero-order valence-corrected chi connectivity index (χ0v) is 51.2. The van der Waals surface area contributed by atoms with Crippen molar-refractivity contribution < 1.29 is 28.5 Å². The standard InChI is InChI=1S/C36H52Cl2O3.C36H54O3/c37-36(38)34(39)29-35(36,25-17-7-3-1-5-9-19-27-40-30-32-21-13-11-14-22-32)26-18-8-4-2-6-10-20-28-41-31-33-23-15-12-16-24-33;37-35-29-36(30-35,25-17-7-3-1-5-9-19-27-38-31-33-21-13-11-14-22-33)26-18-8-4-2-6-10-20-28-39-32-34-23-15-12-16-24-34/h11-16,21-24H,1-10,17-20,25-31H2;11-16,21-24H,1-10,17-20,25-32H2. The largest absolute Gasteiger partial charge is 0.377 e. The highest BCUT2D eigenvalue weighted by atomic mass is 35.5. The van der Waals surface area contributed by atoms with Crippen LogP contribution >= 0.6 is 23.2 Å². The van der Waals surface area contributed by atoms with Crippen molar-refractivity contribution in [3.05, 3.63) is 144 Å². The van der Waals surface area contributed by atoms with E-state index in [2.05, 4.69) is 97.1 Å². The quantitative estimate of drug-likeness (QED) is 0.0324. The lowest BCUT2D eigenvalue weighted by atomic mass is 9.61. The van der Waals surface area contributed by atoms with Crippen molar-refractivity contribution in [2.24, 2.45) is 10.8 Å². The first-order chi connectivity index (χ1) is 39.3. The van der Waals surface area contributed by atoms with Crippen molar-refractivity contribution >= 4 is 34.8 Å². The average molecular weight is 1140 g/mol. The Labute approximate surface area is 496 Å². The number of carbonyl (C=O) groups excluding carboxylic acids is 2. The van der Waals surface area contributed by atoms with Gasteiger partial charge in [-0.2, -0.15) is 0 Å². The molecule has 0 spiro atoms. The maximum absolute atomic E-state index is 12.2. The second-order valence-electron chi connectivity index (χ2n) is 23.9. The predicted octanol–water partition coefficient (Wildman–Crippen LogP) is 20.8. The topological polar surface area (TPSA) is 71.1 Å². The Morgan fingerprint density at radius 3 is 0.775 bits per heavy atom. The van der Waals surface area contributed by atoms with Gasteiger partial charge in [-0.05, 0) is 79.0 Å². The molecule has 6 nitrogen and oxygen atoms in total. The van der Waals surface area contributed by atoms with Crippen LogP contribution in [-0.4, -0.2) is 42.3 Å². The third kappa shape index (κ3) is 28.8. The summed E-state index contributed by atoms with van der Waals surface area (Å²) in [5, 5.41) is 0. The molecule has 0 aromatic heterocycles. The predicted molar refractivity (Wildman–Crippen MR) is 335 cm³/mol. The summed E-state index contributed by atoms with van der Waals surface area (Å²) in [6.07, 6.45) is 41.7. The van der Waals surface area contributed by atoms with E-state index in [0.29, 0.717) is 30.8 Å². The van der Waals surface area contributed by atoms with Crippen molar-refractivity contribution in [2.75, 3.05) is 26.4 Å². The van der Waals surface area contributed by atoms with Crippen LogP contribution in [0.3, 0.4) is 0 Å². The highest BCUT2D eigenvalue weighted by Gasteiger charge is 2.63. The van der Waals surface area contributed by atoms with Gasteiger partial charge in [0.2, 0.25) is 0 Å². The number of hydrogen-bond acceptors (Lipinski definition) is 6. The van der Waals surface area contributed by atoms with Crippen molar-refractivity contribution in [1.82, 2.24) is 0 Å². The van der Waals surface area contributed by atoms with Crippen LogP contribution in [-0.2, 0) is 55.0 Å². The summed E-state index contributed by atoms with van der Waals surface area (Å²) in [5.74, 6) is 0.517. The number of ether oxygens (including phenoxy) is 4. The van der Waals surface area contributed by atoms with Crippen LogP contribution in [0.5, 0.6) is 0 Å². The van der Waals surface area contributed by atoms with Crippen molar-refractivity contribution in [1.29, 1.82) is 0 Å². The molecule has 2 fully saturated rings. The van der Waals surface area contributed by atoms with Gasteiger partial charge < -0.3 is 18.9 Å². The Bertz CT molecular complexity index is 1980. The van der Waals surface area contributed by atoms with Crippen LogP contribution in [0.25, 0.3) is 0 Å². The third-order valence-electron chi connectivity index (χ3n) is 17.0. The molecule has 2 aliphatic rings. The van der Waals surface area contributed by atoms with Crippen LogP contribution in [0.1, 0.15) is 247 Å². The number of benzene rings is 4. The van der Waals surface area contributed by atoms with Gasteiger partial charge in [0.15, 0.2) is 10.1 Å². The fraction of sp³-hybridized carbons (Fsp3) is 0.639. The Morgan fingerprint density at radius 2 is 0.537 bits per heavy atom. The van der Waals surface area contributed by atoms with Gasteiger partial charge in [-0.1, -0.05) is 299 Å². The third-order valence-corrected chi connectivity index (χ3v) is 18.2. The Morgan fingerprint density at radius 1 is 0.300 bits per heavy atom. The average Bonchev–Trinajstić information content (AvgIpc) is 3.62. The van der Waals surface area contributed by atoms with E-state index in [1.807, 2.05) is 24.3 Å². The second-order valence-corrected chi connectivity index (χ2v) is 25.2. The molecule has 0 bridgehead atoms. The van der Waals surface area contributed by atoms with E-state index in [1.54, 1.807) is 0 Å². The fourth-order valence-corrected chi connectivity index (χ4v) is 12.6. The summed E-state index contributed by atoms with van der Waals surface area (Å²) in [6.45, 7) is 6.30. The molecule has 80 heavy (non-hydrogen) atoms. The highest BCUT2D eigenvalue weighted by Crippen LogP contribution is 2.60. The Hall–Kier alpha value is -3.36. The number of Topliss-reactive ketones (excluding diaryl/α,β-unsaturated/α-hetero) is 2. The fourth-order valence-electron chi connectivity index (χ4n) is 11.9. The number of halogens is 2.